The summed E-state index contributed by atoms with van der Waals surface area (Å²) in [5.41, 5.74) is 13.7. The van der Waals surface area contributed by atoms with Gasteiger partial charge in [0.1, 0.15) is 0 Å². The van der Waals surface area contributed by atoms with Crippen molar-refractivity contribution in [2.75, 3.05) is 0 Å². The maximum absolute atomic E-state index is 5.02. The summed E-state index contributed by atoms with van der Waals surface area (Å²) < 4.78 is 6.99. The molecule has 0 amide bonds. The number of hydrogen-bond donors (Lipinski definition) is 0. The van der Waals surface area contributed by atoms with E-state index in [0.29, 0.717) is 0 Å². The molecule has 0 saturated carbocycles. The van der Waals surface area contributed by atoms with Crippen molar-refractivity contribution >= 4 is 71.2 Å². The minimum atomic E-state index is 0.723. The number of benzene rings is 7. The van der Waals surface area contributed by atoms with Crippen molar-refractivity contribution in [1.82, 2.24) is 23.5 Å². The standard InChI is InChI=1S/C48H29N5/c1-3-11-30(12-4-1)46-47-40-29-34(21-22-37(40)45-25-26-49-48(50-46)53(45)47)52-42-18-10-8-16-36(42)39-28-32(20-24-44(39)52)31-19-23-43-38(27-31)35-15-7-9-17-41(35)51(43)33-13-5-2-6-14-33/h1-29H. The first-order valence-electron chi connectivity index (χ1n) is 18.0. The van der Waals surface area contributed by atoms with Gasteiger partial charge in [0, 0.05) is 55.5 Å². The van der Waals surface area contributed by atoms with Gasteiger partial charge in [-0.3, -0.25) is 4.40 Å². The Morgan fingerprint density at radius 1 is 0.358 bits per heavy atom. The van der Waals surface area contributed by atoms with Crippen molar-refractivity contribution in [3.05, 3.63) is 176 Å². The molecule has 7 aromatic carbocycles. The molecular formula is C48H29N5. The van der Waals surface area contributed by atoms with E-state index >= 15 is 0 Å². The summed E-state index contributed by atoms with van der Waals surface area (Å²) >= 11 is 0. The summed E-state index contributed by atoms with van der Waals surface area (Å²) in [4.78, 5) is 9.67. The molecule has 5 nitrogen and oxygen atoms in total. The molecular weight excluding hydrogens is 647 g/mol. The number of aromatic nitrogens is 5. The number of fused-ring (bicyclic) bond motifs is 9. The Morgan fingerprint density at radius 3 is 1.60 bits per heavy atom. The molecule has 5 heterocycles. The van der Waals surface area contributed by atoms with Gasteiger partial charge in [-0.2, -0.15) is 0 Å². The molecule has 0 radical (unpaired) electrons. The molecule has 0 unspecified atom stereocenters. The fourth-order valence-electron chi connectivity index (χ4n) is 8.76. The third kappa shape index (κ3) is 3.96. The topological polar surface area (TPSA) is 40.0 Å². The molecule has 0 N–H and O–H groups in total. The van der Waals surface area contributed by atoms with Gasteiger partial charge in [-0.15, -0.1) is 0 Å². The Hall–Kier alpha value is -7.24. The predicted molar refractivity (Wildman–Crippen MR) is 219 cm³/mol. The molecule has 12 rings (SSSR count). The predicted octanol–water partition coefficient (Wildman–Crippen LogP) is 12.0. The molecule has 0 aliphatic rings. The largest absolute Gasteiger partial charge is 0.309 e. The highest BCUT2D eigenvalue weighted by molar-refractivity contribution is 6.16. The van der Waals surface area contributed by atoms with Crippen LogP contribution in [0.1, 0.15) is 0 Å². The van der Waals surface area contributed by atoms with Crippen molar-refractivity contribution in [3.63, 3.8) is 0 Å². The third-order valence-electron chi connectivity index (χ3n) is 11.1. The van der Waals surface area contributed by atoms with E-state index in [2.05, 4.69) is 182 Å². The quantitative estimate of drug-likeness (QED) is 0.186. The Labute approximate surface area is 303 Å². The Balaban J connectivity index is 1.06. The maximum atomic E-state index is 5.02. The first kappa shape index (κ1) is 28.5. The van der Waals surface area contributed by atoms with Crippen molar-refractivity contribution in [2.45, 2.75) is 0 Å². The summed E-state index contributed by atoms with van der Waals surface area (Å²) in [7, 11) is 0. The number of nitrogens with zero attached hydrogens (tertiary/aromatic N) is 5. The number of para-hydroxylation sites is 3. The van der Waals surface area contributed by atoms with Crippen LogP contribution in [-0.4, -0.2) is 23.5 Å². The molecule has 246 valence electrons. The van der Waals surface area contributed by atoms with Crippen LogP contribution < -0.4 is 0 Å². The summed E-state index contributed by atoms with van der Waals surface area (Å²) in [6.45, 7) is 0. The first-order chi connectivity index (χ1) is 26.3. The van der Waals surface area contributed by atoms with Crippen LogP contribution in [0.3, 0.4) is 0 Å². The van der Waals surface area contributed by atoms with Gasteiger partial charge in [-0.25, -0.2) is 9.97 Å². The van der Waals surface area contributed by atoms with Crippen LogP contribution in [0, 0.1) is 0 Å². The zero-order valence-corrected chi connectivity index (χ0v) is 28.5. The number of hydrogen-bond acceptors (Lipinski definition) is 2. The number of imidazole rings is 1. The van der Waals surface area contributed by atoms with Crippen molar-refractivity contribution in [3.8, 4) is 33.8 Å². The lowest BCUT2D eigenvalue weighted by molar-refractivity contribution is 1.18. The molecule has 0 atom stereocenters. The monoisotopic (exact) mass is 675 g/mol. The second kappa shape index (κ2) is 10.6. The van der Waals surface area contributed by atoms with Crippen LogP contribution in [0.15, 0.2) is 176 Å². The smallest absolute Gasteiger partial charge is 0.235 e. The van der Waals surface area contributed by atoms with Crippen LogP contribution in [-0.2, 0) is 0 Å². The summed E-state index contributed by atoms with van der Waals surface area (Å²) in [6.07, 6.45) is 1.86. The van der Waals surface area contributed by atoms with Gasteiger partial charge in [-0.1, -0.05) is 103 Å². The Bertz CT molecular complexity index is 3390. The normalized spacial score (nSPS) is 12.2. The molecule has 0 fully saturated rings. The number of rotatable bonds is 4. The zero-order chi connectivity index (χ0) is 34.6. The van der Waals surface area contributed by atoms with Gasteiger partial charge in [-0.05, 0) is 77.9 Å². The van der Waals surface area contributed by atoms with Gasteiger partial charge < -0.3 is 9.13 Å². The van der Waals surface area contributed by atoms with E-state index in [9.17, 15) is 0 Å². The zero-order valence-electron chi connectivity index (χ0n) is 28.5. The van der Waals surface area contributed by atoms with E-state index in [1.54, 1.807) is 0 Å². The summed E-state index contributed by atoms with van der Waals surface area (Å²) in [5, 5.41) is 7.34. The van der Waals surface area contributed by atoms with E-state index in [-0.39, 0.29) is 0 Å². The third-order valence-corrected chi connectivity index (χ3v) is 11.1. The average molecular weight is 676 g/mol. The second-order valence-corrected chi connectivity index (χ2v) is 13.9. The molecule has 0 saturated heterocycles. The van der Waals surface area contributed by atoms with E-state index in [1.807, 2.05) is 12.3 Å². The summed E-state index contributed by atoms with van der Waals surface area (Å²) in [6, 6.07) is 61.4. The highest BCUT2D eigenvalue weighted by Gasteiger charge is 2.21. The molecule has 0 bridgehead atoms. The van der Waals surface area contributed by atoms with Crippen molar-refractivity contribution in [2.24, 2.45) is 0 Å². The van der Waals surface area contributed by atoms with Crippen molar-refractivity contribution < 1.29 is 0 Å². The van der Waals surface area contributed by atoms with Crippen LogP contribution in [0.4, 0.5) is 0 Å². The SMILES string of the molecule is c1ccc(-c2nc3nccc4c5ccc(-n6c7ccccc7c7cc(-c8ccc9c(c8)c8ccccc8n9-c8ccccc8)ccc76)cc5c2n34)cc1. The van der Waals surface area contributed by atoms with E-state index in [4.69, 9.17) is 4.98 Å². The molecule has 0 aliphatic carbocycles. The van der Waals surface area contributed by atoms with E-state index in [1.165, 1.54) is 71.2 Å². The van der Waals surface area contributed by atoms with E-state index < -0.39 is 0 Å². The average Bonchev–Trinajstić information content (AvgIpc) is 3.97. The lowest BCUT2D eigenvalue weighted by Crippen LogP contribution is -1.93. The summed E-state index contributed by atoms with van der Waals surface area (Å²) in [5.74, 6) is 0.723. The lowest BCUT2D eigenvalue weighted by atomic mass is 10.0. The van der Waals surface area contributed by atoms with Crippen LogP contribution in [0.5, 0.6) is 0 Å². The fraction of sp³-hybridized carbons (Fsp3) is 0. The second-order valence-electron chi connectivity index (χ2n) is 13.9. The van der Waals surface area contributed by atoms with Gasteiger partial charge in [0.25, 0.3) is 0 Å². The van der Waals surface area contributed by atoms with Gasteiger partial charge in [0.05, 0.1) is 38.8 Å². The molecule has 0 spiro atoms. The first-order valence-corrected chi connectivity index (χ1v) is 18.0. The van der Waals surface area contributed by atoms with Gasteiger partial charge in [0.2, 0.25) is 5.78 Å². The molecule has 5 aromatic heterocycles. The van der Waals surface area contributed by atoms with Crippen LogP contribution >= 0.6 is 0 Å². The minimum Gasteiger partial charge on any atom is -0.309 e. The Morgan fingerprint density at radius 2 is 0.925 bits per heavy atom. The molecule has 0 aliphatic heterocycles. The van der Waals surface area contributed by atoms with Gasteiger partial charge in [0.15, 0.2) is 0 Å². The van der Waals surface area contributed by atoms with Gasteiger partial charge >= 0.3 is 0 Å². The molecule has 12 aromatic rings. The fourth-order valence-corrected chi connectivity index (χ4v) is 8.76. The Kier molecular flexibility index (Phi) is 5.71. The maximum Gasteiger partial charge on any atom is 0.235 e. The minimum absolute atomic E-state index is 0.723. The van der Waals surface area contributed by atoms with E-state index in [0.717, 1.165) is 33.8 Å². The highest BCUT2D eigenvalue weighted by Crippen LogP contribution is 2.41. The molecule has 53 heavy (non-hydrogen) atoms. The van der Waals surface area contributed by atoms with Crippen LogP contribution in [0.2, 0.25) is 0 Å². The van der Waals surface area contributed by atoms with Crippen LogP contribution in [0.25, 0.3) is 105 Å². The lowest BCUT2D eigenvalue weighted by Gasteiger charge is -2.10. The highest BCUT2D eigenvalue weighted by atomic mass is 15.1. The van der Waals surface area contributed by atoms with Crippen molar-refractivity contribution in [1.29, 1.82) is 0 Å². The molecule has 5 heteroatoms.